The third kappa shape index (κ3) is 5.55. The summed E-state index contributed by atoms with van der Waals surface area (Å²) in [4.78, 5) is 29.2. The van der Waals surface area contributed by atoms with E-state index in [1.165, 1.54) is 0 Å². The average Bonchev–Trinajstić information content (AvgIpc) is 2.77. The zero-order valence-corrected chi connectivity index (χ0v) is 18.6. The number of nitrogens with one attached hydrogen (secondary N) is 1. The Balaban J connectivity index is 1.35. The van der Waals surface area contributed by atoms with Gasteiger partial charge in [0.25, 0.3) is 5.91 Å². The first-order valence-electron chi connectivity index (χ1n) is 11.3. The standard InChI is InChI=1S/C25H28F3N3O2/c1-17-3-4-20(15-22(17)29-23(32)16-30-11-2-12-30)24(33)31-13-9-19(10-14-31)18-5-7-21(8-6-18)25(26,27)28/h3-8,15,19H,2,9-14,16H2,1H3,(H,29,32). The van der Waals surface area contributed by atoms with Gasteiger partial charge in [-0.3, -0.25) is 14.5 Å². The van der Waals surface area contributed by atoms with Crippen LogP contribution >= 0.6 is 0 Å². The molecule has 2 fully saturated rings. The second kappa shape index (κ2) is 9.55. The van der Waals surface area contributed by atoms with E-state index in [1.54, 1.807) is 29.2 Å². The number of benzene rings is 2. The summed E-state index contributed by atoms with van der Waals surface area (Å²) in [6.45, 7) is 5.20. The molecule has 1 N–H and O–H groups in total. The SMILES string of the molecule is Cc1ccc(C(=O)N2CCC(c3ccc(C(F)(F)F)cc3)CC2)cc1NC(=O)CN1CCC1. The normalized spacial score (nSPS) is 17.5. The number of amides is 2. The highest BCUT2D eigenvalue weighted by molar-refractivity contribution is 5.98. The Labute approximate surface area is 191 Å². The third-order valence-electron chi connectivity index (χ3n) is 6.57. The third-order valence-corrected chi connectivity index (χ3v) is 6.57. The molecular formula is C25H28F3N3O2. The Morgan fingerprint density at radius 3 is 2.24 bits per heavy atom. The fraction of sp³-hybridized carbons (Fsp3) is 0.440. The highest BCUT2D eigenvalue weighted by atomic mass is 19.4. The van der Waals surface area contributed by atoms with Crippen LogP contribution in [0.2, 0.25) is 0 Å². The number of piperidine rings is 1. The zero-order valence-electron chi connectivity index (χ0n) is 18.6. The molecule has 2 aliphatic heterocycles. The van der Waals surface area contributed by atoms with Gasteiger partial charge in [-0.2, -0.15) is 13.2 Å². The lowest BCUT2D eigenvalue weighted by atomic mass is 9.88. The molecule has 2 aliphatic rings. The van der Waals surface area contributed by atoms with E-state index in [1.807, 2.05) is 13.0 Å². The van der Waals surface area contributed by atoms with Crippen LogP contribution in [0.5, 0.6) is 0 Å². The van der Waals surface area contributed by atoms with E-state index < -0.39 is 11.7 Å². The van der Waals surface area contributed by atoms with E-state index in [0.29, 0.717) is 43.7 Å². The summed E-state index contributed by atoms with van der Waals surface area (Å²) in [5, 5.41) is 2.92. The molecule has 0 aromatic heterocycles. The summed E-state index contributed by atoms with van der Waals surface area (Å²) in [5.41, 5.74) is 2.28. The quantitative estimate of drug-likeness (QED) is 0.707. The van der Waals surface area contributed by atoms with E-state index in [4.69, 9.17) is 0 Å². The number of likely N-dealkylation sites (tertiary alicyclic amines) is 2. The summed E-state index contributed by atoms with van der Waals surface area (Å²) in [5.74, 6) is -0.0513. The van der Waals surface area contributed by atoms with Gasteiger partial charge in [0.15, 0.2) is 0 Å². The van der Waals surface area contributed by atoms with E-state index >= 15 is 0 Å². The molecule has 0 atom stereocenters. The number of carbonyl (C=O) groups excluding carboxylic acids is 2. The molecule has 0 bridgehead atoms. The van der Waals surface area contributed by atoms with Crippen LogP contribution in [-0.4, -0.2) is 54.3 Å². The molecule has 0 unspecified atom stereocenters. The van der Waals surface area contributed by atoms with Crippen LogP contribution in [0.1, 0.15) is 52.2 Å². The van der Waals surface area contributed by atoms with Gasteiger partial charge in [-0.25, -0.2) is 0 Å². The van der Waals surface area contributed by atoms with Gasteiger partial charge in [-0.1, -0.05) is 18.2 Å². The van der Waals surface area contributed by atoms with Crippen LogP contribution in [-0.2, 0) is 11.0 Å². The van der Waals surface area contributed by atoms with Crippen molar-refractivity contribution in [1.29, 1.82) is 0 Å². The maximum Gasteiger partial charge on any atom is 0.416 e. The number of hydrogen-bond acceptors (Lipinski definition) is 3. The minimum atomic E-state index is -4.34. The molecule has 8 heteroatoms. The zero-order chi connectivity index (χ0) is 23.6. The van der Waals surface area contributed by atoms with E-state index in [9.17, 15) is 22.8 Å². The van der Waals surface area contributed by atoms with Crippen molar-refractivity contribution in [2.24, 2.45) is 0 Å². The fourth-order valence-electron chi connectivity index (χ4n) is 4.37. The molecule has 0 aliphatic carbocycles. The molecule has 2 heterocycles. The predicted octanol–water partition coefficient (Wildman–Crippen LogP) is 4.68. The second-order valence-corrected chi connectivity index (χ2v) is 8.89. The first-order valence-corrected chi connectivity index (χ1v) is 11.3. The lowest BCUT2D eigenvalue weighted by molar-refractivity contribution is -0.137. The van der Waals surface area contributed by atoms with Crippen molar-refractivity contribution in [2.45, 2.75) is 38.3 Å². The molecule has 0 saturated carbocycles. The lowest BCUT2D eigenvalue weighted by Crippen LogP contribution is -2.42. The summed E-state index contributed by atoms with van der Waals surface area (Å²) in [6.07, 6.45) is -1.83. The molecule has 2 saturated heterocycles. The van der Waals surface area contributed by atoms with Crippen LogP contribution in [0, 0.1) is 6.92 Å². The molecule has 176 valence electrons. The first-order chi connectivity index (χ1) is 15.7. The minimum absolute atomic E-state index is 0.0836. The van der Waals surface area contributed by atoms with Crippen LogP contribution in [0.3, 0.4) is 0 Å². The van der Waals surface area contributed by atoms with Crippen molar-refractivity contribution in [2.75, 3.05) is 38.0 Å². The fourth-order valence-corrected chi connectivity index (χ4v) is 4.37. The number of anilines is 1. The molecular weight excluding hydrogens is 431 g/mol. The van der Waals surface area contributed by atoms with Crippen molar-refractivity contribution >= 4 is 17.5 Å². The molecule has 2 aromatic carbocycles. The number of hydrogen-bond donors (Lipinski definition) is 1. The molecule has 2 aromatic rings. The van der Waals surface area contributed by atoms with Crippen LogP contribution in [0.15, 0.2) is 42.5 Å². The van der Waals surface area contributed by atoms with Gasteiger partial charge in [0, 0.05) is 24.3 Å². The number of aryl methyl sites for hydroxylation is 1. The largest absolute Gasteiger partial charge is 0.416 e. The Morgan fingerprint density at radius 1 is 1.00 bits per heavy atom. The maximum atomic E-state index is 13.1. The van der Waals surface area contributed by atoms with Crippen LogP contribution < -0.4 is 5.32 Å². The van der Waals surface area contributed by atoms with Crippen molar-refractivity contribution in [1.82, 2.24) is 9.80 Å². The number of halogens is 3. The van der Waals surface area contributed by atoms with Gasteiger partial charge < -0.3 is 10.2 Å². The minimum Gasteiger partial charge on any atom is -0.339 e. The van der Waals surface area contributed by atoms with E-state index in [0.717, 1.165) is 42.8 Å². The Bertz CT molecular complexity index is 1010. The summed E-state index contributed by atoms with van der Waals surface area (Å²) in [6, 6.07) is 10.7. The summed E-state index contributed by atoms with van der Waals surface area (Å²) < 4.78 is 38.4. The number of nitrogens with zero attached hydrogens (tertiary/aromatic N) is 2. The van der Waals surface area contributed by atoms with Crippen LogP contribution in [0.25, 0.3) is 0 Å². The molecule has 4 rings (SSSR count). The van der Waals surface area contributed by atoms with Gasteiger partial charge >= 0.3 is 6.18 Å². The Kier molecular flexibility index (Phi) is 6.74. The van der Waals surface area contributed by atoms with Gasteiger partial charge in [0.1, 0.15) is 0 Å². The first kappa shape index (κ1) is 23.3. The average molecular weight is 460 g/mol. The molecule has 0 radical (unpaired) electrons. The van der Waals surface area contributed by atoms with Crippen molar-refractivity contribution in [3.8, 4) is 0 Å². The summed E-state index contributed by atoms with van der Waals surface area (Å²) in [7, 11) is 0. The Morgan fingerprint density at radius 2 is 1.67 bits per heavy atom. The molecule has 33 heavy (non-hydrogen) atoms. The van der Waals surface area contributed by atoms with Crippen molar-refractivity contribution in [3.05, 3.63) is 64.7 Å². The smallest absolute Gasteiger partial charge is 0.339 e. The lowest BCUT2D eigenvalue weighted by Gasteiger charge is -2.32. The Hall–Kier alpha value is -2.87. The second-order valence-electron chi connectivity index (χ2n) is 8.89. The molecule has 5 nitrogen and oxygen atoms in total. The highest BCUT2D eigenvalue weighted by Crippen LogP contribution is 2.33. The van der Waals surface area contributed by atoms with Gasteiger partial charge in [-0.15, -0.1) is 0 Å². The number of alkyl halides is 3. The van der Waals surface area contributed by atoms with E-state index in [-0.39, 0.29) is 17.7 Å². The van der Waals surface area contributed by atoms with E-state index in [2.05, 4.69) is 10.2 Å². The number of rotatable bonds is 5. The van der Waals surface area contributed by atoms with Crippen molar-refractivity contribution < 1.29 is 22.8 Å². The van der Waals surface area contributed by atoms with Gasteiger partial charge in [0.05, 0.1) is 12.1 Å². The molecule has 0 spiro atoms. The van der Waals surface area contributed by atoms with Crippen LogP contribution in [0.4, 0.5) is 18.9 Å². The van der Waals surface area contributed by atoms with Crippen molar-refractivity contribution in [3.63, 3.8) is 0 Å². The van der Waals surface area contributed by atoms with Gasteiger partial charge in [0.2, 0.25) is 5.91 Å². The topological polar surface area (TPSA) is 52.7 Å². The highest BCUT2D eigenvalue weighted by Gasteiger charge is 2.31. The molecule has 2 amide bonds. The predicted molar refractivity (Wildman–Crippen MR) is 120 cm³/mol. The maximum absolute atomic E-state index is 13.1. The monoisotopic (exact) mass is 459 g/mol. The number of carbonyl (C=O) groups is 2. The van der Waals surface area contributed by atoms with Gasteiger partial charge in [-0.05, 0) is 80.6 Å². The summed E-state index contributed by atoms with van der Waals surface area (Å²) >= 11 is 0.